The van der Waals surface area contributed by atoms with Crippen LogP contribution in [0.3, 0.4) is 0 Å². The van der Waals surface area contributed by atoms with E-state index in [1.54, 1.807) is 24.7 Å². The Kier molecular flexibility index (Phi) is 3.94. The first-order valence-electron chi connectivity index (χ1n) is 5.85. The van der Waals surface area contributed by atoms with Crippen molar-refractivity contribution in [3.63, 3.8) is 0 Å². The number of aromatic nitrogens is 2. The maximum Gasteiger partial charge on any atom is 0.165 e. The molecule has 18 heavy (non-hydrogen) atoms. The molecule has 0 aliphatic rings. The van der Waals surface area contributed by atoms with Gasteiger partial charge in [0.15, 0.2) is 11.6 Å². The molecule has 4 nitrogen and oxygen atoms in total. The summed E-state index contributed by atoms with van der Waals surface area (Å²) >= 11 is 0. The standard InChI is InChI=1S/C13H16FN3O/c1-2-17-9-16-7-11(17)8-18-13-4-3-10(6-15)5-12(13)14/h3-5,7,9H,2,6,8,15H2,1H3. The summed E-state index contributed by atoms with van der Waals surface area (Å²) in [6.45, 7) is 3.45. The summed E-state index contributed by atoms with van der Waals surface area (Å²) in [5.41, 5.74) is 7.10. The molecule has 0 bridgehead atoms. The molecule has 0 saturated heterocycles. The van der Waals surface area contributed by atoms with Gasteiger partial charge < -0.3 is 15.0 Å². The van der Waals surface area contributed by atoms with Gasteiger partial charge >= 0.3 is 0 Å². The van der Waals surface area contributed by atoms with Crippen LogP contribution in [0.25, 0.3) is 0 Å². The topological polar surface area (TPSA) is 53.1 Å². The molecule has 0 aliphatic carbocycles. The smallest absolute Gasteiger partial charge is 0.165 e. The van der Waals surface area contributed by atoms with E-state index in [0.717, 1.165) is 17.8 Å². The second-order valence-electron chi connectivity index (χ2n) is 3.93. The third-order valence-corrected chi connectivity index (χ3v) is 2.75. The van der Waals surface area contributed by atoms with Crippen LogP contribution in [0.4, 0.5) is 4.39 Å². The Hall–Kier alpha value is -1.88. The van der Waals surface area contributed by atoms with Gasteiger partial charge in [0.05, 0.1) is 18.2 Å². The third kappa shape index (κ3) is 2.68. The number of hydrogen-bond acceptors (Lipinski definition) is 3. The van der Waals surface area contributed by atoms with E-state index in [-0.39, 0.29) is 11.6 Å². The molecule has 2 N–H and O–H groups in total. The number of hydrogen-bond donors (Lipinski definition) is 1. The summed E-state index contributed by atoms with van der Waals surface area (Å²) in [5.74, 6) is -0.156. The summed E-state index contributed by atoms with van der Waals surface area (Å²) in [6.07, 6.45) is 3.45. The van der Waals surface area contributed by atoms with E-state index in [9.17, 15) is 4.39 Å². The Morgan fingerprint density at radius 3 is 2.94 bits per heavy atom. The number of nitrogens with two attached hydrogens (primary N) is 1. The van der Waals surface area contributed by atoms with Crippen LogP contribution in [0.2, 0.25) is 0 Å². The fourth-order valence-electron chi connectivity index (χ4n) is 1.69. The Morgan fingerprint density at radius 2 is 2.28 bits per heavy atom. The summed E-state index contributed by atoms with van der Waals surface area (Å²) in [4.78, 5) is 4.03. The Bertz CT molecular complexity index is 525. The van der Waals surface area contributed by atoms with Gasteiger partial charge in [0.25, 0.3) is 0 Å². The molecular weight excluding hydrogens is 233 g/mol. The molecule has 0 amide bonds. The minimum atomic E-state index is -0.388. The third-order valence-electron chi connectivity index (χ3n) is 2.75. The van der Waals surface area contributed by atoms with E-state index in [0.29, 0.717) is 13.2 Å². The molecule has 1 aromatic carbocycles. The predicted octanol–water partition coefficient (Wildman–Crippen LogP) is 2.08. The summed E-state index contributed by atoms with van der Waals surface area (Å²) in [5, 5.41) is 0. The average molecular weight is 249 g/mol. The van der Waals surface area contributed by atoms with Crippen molar-refractivity contribution in [2.75, 3.05) is 0 Å². The van der Waals surface area contributed by atoms with Crippen LogP contribution < -0.4 is 10.5 Å². The van der Waals surface area contributed by atoms with Crippen LogP contribution >= 0.6 is 0 Å². The van der Waals surface area contributed by atoms with Gasteiger partial charge in [-0.2, -0.15) is 0 Å². The van der Waals surface area contributed by atoms with E-state index in [2.05, 4.69) is 4.98 Å². The van der Waals surface area contributed by atoms with Gasteiger partial charge in [-0.25, -0.2) is 9.37 Å². The maximum absolute atomic E-state index is 13.6. The largest absolute Gasteiger partial charge is 0.484 e. The second kappa shape index (κ2) is 5.64. The highest BCUT2D eigenvalue weighted by Gasteiger charge is 2.06. The van der Waals surface area contributed by atoms with Gasteiger partial charge in [0, 0.05) is 13.1 Å². The predicted molar refractivity (Wildman–Crippen MR) is 66.5 cm³/mol. The van der Waals surface area contributed by atoms with E-state index in [4.69, 9.17) is 10.5 Å². The van der Waals surface area contributed by atoms with Crippen molar-refractivity contribution in [1.82, 2.24) is 9.55 Å². The zero-order valence-electron chi connectivity index (χ0n) is 10.3. The summed E-state index contributed by atoms with van der Waals surface area (Å²) < 4.78 is 21.0. The van der Waals surface area contributed by atoms with Crippen LogP contribution in [0.1, 0.15) is 18.2 Å². The Morgan fingerprint density at radius 1 is 1.44 bits per heavy atom. The Labute approximate surface area is 105 Å². The lowest BCUT2D eigenvalue weighted by atomic mass is 10.2. The molecule has 96 valence electrons. The number of halogens is 1. The lowest BCUT2D eigenvalue weighted by molar-refractivity contribution is 0.280. The molecule has 0 radical (unpaired) electrons. The number of imidazole rings is 1. The second-order valence-corrected chi connectivity index (χ2v) is 3.93. The highest BCUT2D eigenvalue weighted by atomic mass is 19.1. The van der Waals surface area contributed by atoms with Crippen LogP contribution in [-0.2, 0) is 19.7 Å². The first-order valence-corrected chi connectivity index (χ1v) is 5.85. The first-order chi connectivity index (χ1) is 8.74. The van der Waals surface area contributed by atoms with Crippen molar-refractivity contribution in [3.8, 4) is 5.75 Å². The first kappa shape index (κ1) is 12.6. The molecule has 2 aromatic rings. The van der Waals surface area contributed by atoms with Crippen molar-refractivity contribution in [2.45, 2.75) is 26.6 Å². The molecule has 0 spiro atoms. The Balaban J connectivity index is 2.06. The minimum absolute atomic E-state index is 0.232. The number of nitrogens with zero attached hydrogens (tertiary/aromatic N) is 2. The quantitative estimate of drug-likeness (QED) is 0.882. The molecule has 1 heterocycles. The van der Waals surface area contributed by atoms with Crippen molar-refractivity contribution < 1.29 is 9.13 Å². The zero-order valence-corrected chi connectivity index (χ0v) is 10.3. The molecule has 5 heteroatoms. The number of aryl methyl sites for hydroxylation is 1. The van der Waals surface area contributed by atoms with Gasteiger partial charge in [-0.15, -0.1) is 0 Å². The normalized spacial score (nSPS) is 10.6. The molecule has 2 rings (SSSR count). The van der Waals surface area contributed by atoms with Crippen molar-refractivity contribution in [3.05, 3.63) is 47.8 Å². The number of benzene rings is 1. The molecule has 0 fully saturated rings. The SMILES string of the molecule is CCn1cncc1COc1ccc(CN)cc1F. The maximum atomic E-state index is 13.6. The fraction of sp³-hybridized carbons (Fsp3) is 0.308. The van der Waals surface area contributed by atoms with Crippen molar-refractivity contribution in [1.29, 1.82) is 0 Å². The van der Waals surface area contributed by atoms with E-state index in [1.165, 1.54) is 6.07 Å². The van der Waals surface area contributed by atoms with E-state index < -0.39 is 0 Å². The minimum Gasteiger partial charge on any atom is -0.484 e. The lowest BCUT2D eigenvalue weighted by Crippen LogP contribution is -2.05. The van der Waals surface area contributed by atoms with Crippen LogP contribution in [-0.4, -0.2) is 9.55 Å². The highest BCUT2D eigenvalue weighted by molar-refractivity contribution is 5.29. The molecule has 0 atom stereocenters. The molecular formula is C13H16FN3O. The van der Waals surface area contributed by atoms with Crippen LogP contribution in [0, 0.1) is 5.82 Å². The van der Waals surface area contributed by atoms with Gasteiger partial charge in [-0.3, -0.25) is 0 Å². The highest BCUT2D eigenvalue weighted by Crippen LogP contribution is 2.19. The van der Waals surface area contributed by atoms with Gasteiger partial charge in [-0.1, -0.05) is 6.07 Å². The molecule has 0 saturated carbocycles. The monoisotopic (exact) mass is 249 g/mol. The van der Waals surface area contributed by atoms with Crippen LogP contribution in [0.15, 0.2) is 30.7 Å². The zero-order chi connectivity index (χ0) is 13.0. The lowest BCUT2D eigenvalue weighted by Gasteiger charge is -2.09. The molecule has 1 aromatic heterocycles. The van der Waals surface area contributed by atoms with Gasteiger partial charge in [0.1, 0.15) is 6.61 Å². The van der Waals surface area contributed by atoms with Gasteiger partial charge in [-0.05, 0) is 24.6 Å². The average Bonchev–Trinajstić information content (AvgIpc) is 2.84. The molecule has 0 aliphatic heterocycles. The van der Waals surface area contributed by atoms with Gasteiger partial charge in [0.2, 0.25) is 0 Å². The summed E-state index contributed by atoms with van der Waals surface area (Å²) in [6, 6.07) is 4.76. The summed E-state index contributed by atoms with van der Waals surface area (Å²) in [7, 11) is 0. The number of rotatable bonds is 5. The van der Waals surface area contributed by atoms with Crippen molar-refractivity contribution >= 4 is 0 Å². The van der Waals surface area contributed by atoms with Crippen molar-refractivity contribution in [2.24, 2.45) is 5.73 Å². The van der Waals surface area contributed by atoms with Crippen LogP contribution in [0.5, 0.6) is 5.75 Å². The van der Waals surface area contributed by atoms with E-state index >= 15 is 0 Å². The number of ether oxygens (including phenoxy) is 1. The molecule has 0 unspecified atom stereocenters. The fourth-order valence-corrected chi connectivity index (χ4v) is 1.69. The van der Waals surface area contributed by atoms with E-state index in [1.807, 2.05) is 11.5 Å².